The van der Waals surface area contributed by atoms with Gasteiger partial charge in [0.15, 0.2) is 0 Å². The molecule has 0 N–H and O–H groups in total. The van der Waals surface area contributed by atoms with Crippen LogP contribution in [0.15, 0.2) is 16.3 Å². The lowest BCUT2D eigenvalue weighted by atomic mass is 10.2. The third-order valence-electron chi connectivity index (χ3n) is 2.49. The average molecular weight is 310 g/mol. The zero-order valence-electron chi connectivity index (χ0n) is 11.0. The highest BCUT2D eigenvalue weighted by Crippen LogP contribution is 2.25. The summed E-state index contributed by atoms with van der Waals surface area (Å²) in [6, 6.07) is 3.54. The van der Waals surface area contributed by atoms with E-state index in [2.05, 4.69) is 0 Å². The van der Waals surface area contributed by atoms with Gasteiger partial charge in [-0.05, 0) is 24.5 Å². The van der Waals surface area contributed by atoms with Gasteiger partial charge in [-0.25, -0.2) is 8.42 Å². The summed E-state index contributed by atoms with van der Waals surface area (Å²) in [5.41, 5.74) is 0. The molecule has 0 radical (unpaired) electrons. The van der Waals surface area contributed by atoms with E-state index in [0.29, 0.717) is 29.1 Å². The Balaban J connectivity index is 2.95. The third-order valence-corrected chi connectivity index (χ3v) is 6.24. The van der Waals surface area contributed by atoms with Gasteiger partial charge in [-0.1, -0.05) is 20.8 Å². The van der Waals surface area contributed by atoms with Crippen LogP contribution in [0.2, 0.25) is 0 Å². The molecule has 1 aromatic heterocycles. The fourth-order valence-corrected chi connectivity index (χ4v) is 5.09. The van der Waals surface area contributed by atoms with Crippen molar-refractivity contribution in [3.63, 3.8) is 0 Å². The number of hydrogen-bond acceptors (Lipinski definition) is 3. The molecule has 0 bridgehead atoms. The maximum absolute atomic E-state index is 12.4. The number of hydrogen-bond donors (Lipinski definition) is 0. The summed E-state index contributed by atoms with van der Waals surface area (Å²) in [7, 11) is -3.33. The molecule has 0 aliphatic heterocycles. The number of aryl methyl sites for hydroxylation is 1. The van der Waals surface area contributed by atoms with Gasteiger partial charge in [0.1, 0.15) is 4.21 Å². The number of rotatable bonds is 7. The van der Waals surface area contributed by atoms with Crippen LogP contribution in [0.25, 0.3) is 0 Å². The number of alkyl halides is 1. The SMILES string of the molecule is CCN(CC(C)C)S(=O)(=O)c1ccc(CCCl)s1. The summed E-state index contributed by atoms with van der Waals surface area (Å²) < 4.78 is 26.8. The highest BCUT2D eigenvalue weighted by Gasteiger charge is 2.25. The molecule has 0 aliphatic rings. The Hall–Kier alpha value is -0.100. The van der Waals surface area contributed by atoms with Crippen molar-refractivity contribution in [1.82, 2.24) is 4.31 Å². The van der Waals surface area contributed by atoms with Crippen molar-refractivity contribution in [3.8, 4) is 0 Å². The van der Waals surface area contributed by atoms with Crippen LogP contribution in [0.3, 0.4) is 0 Å². The van der Waals surface area contributed by atoms with E-state index in [9.17, 15) is 8.42 Å². The molecule has 104 valence electrons. The molecule has 0 aliphatic carbocycles. The number of halogens is 1. The first-order valence-corrected chi connectivity index (χ1v) is 8.85. The van der Waals surface area contributed by atoms with Crippen LogP contribution in [-0.4, -0.2) is 31.7 Å². The van der Waals surface area contributed by atoms with Crippen LogP contribution in [0, 0.1) is 5.92 Å². The Morgan fingerprint density at radius 2 is 2.06 bits per heavy atom. The Kier molecular flexibility index (Phi) is 6.11. The van der Waals surface area contributed by atoms with Gasteiger partial charge in [0, 0.05) is 23.8 Å². The summed E-state index contributed by atoms with van der Waals surface area (Å²) in [5, 5.41) is 0. The fraction of sp³-hybridized carbons (Fsp3) is 0.667. The van der Waals surface area contributed by atoms with E-state index in [1.54, 1.807) is 6.07 Å². The zero-order valence-corrected chi connectivity index (χ0v) is 13.4. The van der Waals surface area contributed by atoms with Gasteiger partial charge in [-0.3, -0.25) is 0 Å². The summed E-state index contributed by atoms with van der Waals surface area (Å²) in [5.74, 6) is 0.839. The van der Waals surface area contributed by atoms with E-state index < -0.39 is 10.0 Å². The maximum Gasteiger partial charge on any atom is 0.252 e. The lowest BCUT2D eigenvalue weighted by Gasteiger charge is -2.21. The van der Waals surface area contributed by atoms with Crippen molar-refractivity contribution in [1.29, 1.82) is 0 Å². The van der Waals surface area contributed by atoms with Crippen molar-refractivity contribution in [2.24, 2.45) is 5.92 Å². The molecular formula is C12H20ClNO2S2. The molecule has 1 aromatic rings. The lowest BCUT2D eigenvalue weighted by molar-refractivity contribution is 0.382. The van der Waals surface area contributed by atoms with Crippen LogP contribution in [0.1, 0.15) is 25.6 Å². The molecule has 0 amide bonds. The van der Waals surface area contributed by atoms with Crippen LogP contribution in [0.5, 0.6) is 0 Å². The smallest absolute Gasteiger partial charge is 0.206 e. The quantitative estimate of drug-likeness (QED) is 0.725. The largest absolute Gasteiger partial charge is 0.252 e. The predicted octanol–water partition coefficient (Wildman–Crippen LogP) is 3.20. The molecule has 0 saturated carbocycles. The minimum atomic E-state index is -3.33. The Morgan fingerprint density at radius 3 is 2.56 bits per heavy atom. The normalized spacial score (nSPS) is 12.6. The second-order valence-corrected chi connectivity index (χ2v) is 8.22. The second kappa shape index (κ2) is 6.89. The Morgan fingerprint density at radius 1 is 1.39 bits per heavy atom. The average Bonchev–Trinajstić information content (AvgIpc) is 2.75. The molecule has 0 fully saturated rings. The zero-order chi connectivity index (χ0) is 13.8. The molecule has 0 aromatic carbocycles. The first kappa shape index (κ1) is 16.0. The lowest BCUT2D eigenvalue weighted by Crippen LogP contribution is -2.33. The fourth-order valence-electron chi connectivity index (χ4n) is 1.66. The molecule has 0 spiro atoms. The third kappa shape index (κ3) is 3.95. The molecule has 0 unspecified atom stereocenters. The first-order valence-electron chi connectivity index (χ1n) is 6.06. The van der Waals surface area contributed by atoms with Gasteiger partial charge < -0.3 is 0 Å². The number of sulfonamides is 1. The van der Waals surface area contributed by atoms with Crippen molar-refractivity contribution in [2.45, 2.75) is 31.4 Å². The van der Waals surface area contributed by atoms with E-state index in [4.69, 9.17) is 11.6 Å². The summed E-state index contributed by atoms with van der Waals surface area (Å²) in [4.78, 5) is 1.02. The monoisotopic (exact) mass is 309 g/mol. The summed E-state index contributed by atoms with van der Waals surface area (Å²) >= 11 is 6.99. The minimum absolute atomic E-state index is 0.321. The molecule has 1 rings (SSSR count). The van der Waals surface area contributed by atoms with Gasteiger partial charge in [0.05, 0.1) is 0 Å². The van der Waals surface area contributed by atoms with Gasteiger partial charge in [0.25, 0.3) is 10.0 Å². The van der Waals surface area contributed by atoms with Crippen LogP contribution >= 0.6 is 22.9 Å². The highest BCUT2D eigenvalue weighted by atomic mass is 35.5. The molecule has 6 heteroatoms. The van der Waals surface area contributed by atoms with Crippen LogP contribution in [0.4, 0.5) is 0 Å². The van der Waals surface area contributed by atoms with E-state index in [1.165, 1.54) is 15.6 Å². The standard InChI is InChI=1S/C12H20ClNO2S2/c1-4-14(9-10(2)3)18(15,16)12-6-5-11(17-12)7-8-13/h5-6,10H,4,7-9H2,1-3H3. The molecular weight excluding hydrogens is 290 g/mol. The van der Waals surface area contributed by atoms with Gasteiger partial charge >= 0.3 is 0 Å². The van der Waals surface area contributed by atoms with E-state index in [-0.39, 0.29) is 0 Å². The van der Waals surface area contributed by atoms with E-state index >= 15 is 0 Å². The van der Waals surface area contributed by atoms with E-state index in [1.807, 2.05) is 26.8 Å². The number of nitrogens with zero attached hydrogens (tertiary/aromatic N) is 1. The van der Waals surface area contributed by atoms with Crippen molar-refractivity contribution >= 4 is 33.0 Å². The van der Waals surface area contributed by atoms with Gasteiger partial charge in [-0.2, -0.15) is 4.31 Å². The molecule has 0 atom stereocenters. The van der Waals surface area contributed by atoms with Crippen molar-refractivity contribution in [3.05, 3.63) is 17.0 Å². The van der Waals surface area contributed by atoms with Crippen LogP contribution < -0.4 is 0 Å². The van der Waals surface area contributed by atoms with Gasteiger partial charge in [0.2, 0.25) is 0 Å². The Bertz CT molecular complexity index is 468. The van der Waals surface area contributed by atoms with Gasteiger partial charge in [-0.15, -0.1) is 22.9 Å². The molecule has 1 heterocycles. The summed E-state index contributed by atoms with van der Waals surface area (Å²) in [6.45, 7) is 6.97. The van der Waals surface area contributed by atoms with Crippen LogP contribution in [-0.2, 0) is 16.4 Å². The first-order chi connectivity index (χ1) is 8.41. The number of thiophene rings is 1. The maximum atomic E-state index is 12.4. The molecule has 0 saturated heterocycles. The molecule has 3 nitrogen and oxygen atoms in total. The predicted molar refractivity (Wildman–Crippen MR) is 78.0 cm³/mol. The highest BCUT2D eigenvalue weighted by molar-refractivity contribution is 7.91. The summed E-state index contributed by atoms with van der Waals surface area (Å²) in [6.07, 6.45) is 0.720. The van der Waals surface area contributed by atoms with Crippen molar-refractivity contribution in [2.75, 3.05) is 19.0 Å². The minimum Gasteiger partial charge on any atom is -0.206 e. The van der Waals surface area contributed by atoms with Crippen molar-refractivity contribution < 1.29 is 8.42 Å². The molecule has 18 heavy (non-hydrogen) atoms. The van der Waals surface area contributed by atoms with E-state index in [0.717, 1.165) is 11.3 Å². The topological polar surface area (TPSA) is 37.4 Å². The Labute approximate surface area is 119 Å². The second-order valence-electron chi connectivity index (χ2n) is 4.51.